The van der Waals surface area contributed by atoms with Gasteiger partial charge in [-0.3, -0.25) is 10.4 Å². The fourth-order valence-electron chi connectivity index (χ4n) is 0.921. The van der Waals surface area contributed by atoms with Gasteiger partial charge in [0.15, 0.2) is 0 Å². The van der Waals surface area contributed by atoms with E-state index in [1.54, 1.807) is 0 Å². The lowest BCUT2D eigenvalue weighted by molar-refractivity contribution is 0.490. The zero-order valence-corrected chi connectivity index (χ0v) is 8.31. The third-order valence-corrected chi connectivity index (χ3v) is 2.02. The minimum atomic E-state index is -0.260. The molecule has 3 nitrogen and oxygen atoms in total. The SMILES string of the molecule is C#CC(C)(C)NCc1cn[nH]c1C. The smallest absolute Gasteiger partial charge is 0.0743 e. The lowest BCUT2D eigenvalue weighted by Gasteiger charge is -2.19. The van der Waals surface area contributed by atoms with Crippen LogP contribution in [0.4, 0.5) is 0 Å². The van der Waals surface area contributed by atoms with E-state index in [0.29, 0.717) is 0 Å². The van der Waals surface area contributed by atoms with Gasteiger partial charge in [0.05, 0.1) is 11.7 Å². The first-order valence-corrected chi connectivity index (χ1v) is 4.27. The largest absolute Gasteiger partial charge is 0.297 e. The predicted octanol–water partition coefficient (Wildman–Crippen LogP) is 1.22. The summed E-state index contributed by atoms with van der Waals surface area (Å²) in [6, 6.07) is 0. The average Bonchev–Trinajstić information content (AvgIpc) is 2.48. The van der Waals surface area contributed by atoms with Crippen LogP contribution >= 0.6 is 0 Å². The Morgan fingerprint density at radius 3 is 2.85 bits per heavy atom. The van der Waals surface area contributed by atoms with Crippen LogP contribution in [0.2, 0.25) is 0 Å². The molecule has 0 fully saturated rings. The van der Waals surface area contributed by atoms with Gasteiger partial charge in [0.2, 0.25) is 0 Å². The quantitative estimate of drug-likeness (QED) is 0.681. The van der Waals surface area contributed by atoms with Crippen LogP contribution in [-0.2, 0) is 6.54 Å². The van der Waals surface area contributed by atoms with Crippen LogP contribution in [0.3, 0.4) is 0 Å². The Balaban J connectivity index is 2.54. The summed E-state index contributed by atoms with van der Waals surface area (Å²) in [7, 11) is 0. The van der Waals surface area contributed by atoms with Crippen LogP contribution < -0.4 is 5.32 Å². The van der Waals surface area contributed by atoms with E-state index in [-0.39, 0.29) is 5.54 Å². The van der Waals surface area contributed by atoms with E-state index in [4.69, 9.17) is 6.42 Å². The minimum Gasteiger partial charge on any atom is -0.297 e. The lowest BCUT2D eigenvalue weighted by atomic mass is 10.1. The molecule has 0 atom stereocenters. The van der Waals surface area contributed by atoms with E-state index in [2.05, 4.69) is 21.4 Å². The molecule has 0 bridgehead atoms. The van der Waals surface area contributed by atoms with Crippen LogP contribution in [0.5, 0.6) is 0 Å². The second kappa shape index (κ2) is 3.63. The second-order valence-electron chi connectivity index (χ2n) is 3.64. The molecule has 1 aromatic heterocycles. The molecule has 0 aromatic carbocycles. The molecule has 0 saturated heterocycles. The Morgan fingerprint density at radius 2 is 2.38 bits per heavy atom. The molecular formula is C10H15N3. The summed E-state index contributed by atoms with van der Waals surface area (Å²) < 4.78 is 0. The number of aryl methyl sites for hydroxylation is 1. The molecule has 0 unspecified atom stereocenters. The third-order valence-electron chi connectivity index (χ3n) is 2.02. The van der Waals surface area contributed by atoms with Crippen molar-refractivity contribution in [3.05, 3.63) is 17.5 Å². The molecule has 0 saturated carbocycles. The Hall–Kier alpha value is -1.27. The molecule has 2 N–H and O–H groups in total. The van der Waals surface area contributed by atoms with Crippen molar-refractivity contribution in [2.24, 2.45) is 0 Å². The van der Waals surface area contributed by atoms with Gasteiger partial charge in [-0.1, -0.05) is 5.92 Å². The van der Waals surface area contributed by atoms with Gasteiger partial charge in [-0.25, -0.2) is 0 Å². The van der Waals surface area contributed by atoms with Gasteiger partial charge in [-0.2, -0.15) is 5.10 Å². The van der Waals surface area contributed by atoms with Crippen molar-refractivity contribution in [3.8, 4) is 12.3 Å². The van der Waals surface area contributed by atoms with Crippen LogP contribution in [0.1, 0.15) is 25.1 Å². The van der Waals surface area contributed by atoms with E-state index < -0.39 is 0 Å². The monoisotopic (exact) mass is 177 g/mol. The third kappa shape index (κ3) is 2.60. The van der Waals surface area contributed by atoms with Crippen LogP contribution in [0.25, 0.3) is 0 Å². The molecule has 0 radical (unpaired) electrons. The van der Waals surface area contributed by atoms with E-state index in [9.17, 15) is 0 Å². The molecule has 70 valence electrons. The number of aromatic nitrogens is 2. The predicted molar refractivity (Wildman–Crippen MR) is 53.1 cm³/mol. The van der Waals surface area contributed by atoms with Crippen molar-refractivity contribution in [2.45, 2.75) is 32.9 Å². The van der Waals surface area contributed by atoms with E-state index >= 15 is 0 Å². The first-order chi connectivity index (χ1) is 6.05. The molecule has 0 amide bonds. The van der Waals surface area contributed by atoms with Crippen molar-refractivity contribution in [3.63, 3.8) is 0 Å². The zero-order valence-electron chi connectivity index (χ0n) is 8.31. The molecule has 1 rings (SSSR count). The topological polar surface area (TPSA) is 40.7 Å². The summed E-state index contributed by atoms with van der Waals surface area (Å²) >= 11 is 0. The molecular weight excluding hydrogens is 162 g/mol. The van der Waals surface area contributed by atoms with Crippen molar-refractivity contribution in [2.75, 3.05) is 0 Å². The summed E-state index contributed by atoms with van der Waals surface area (Å²) in [6.07, 6.45) is 7.16. The highest BCUT2D eigenvalue weighted by atomic mass is 15.1. The maximum atomic E-state index is 5.35. The van der Waals surface area contributed by atoms with Gasteiger partial charge in [0.25, 0.3) is 0 Å². The zero-order chi connectivity index (χ0) is 9.90. The van der Waals surface area contributed by atoms with Crippen LogP contribution in [0, 0.1) is 19.3 Å². The van der Waals surface area contributed by atoms with Gasteiger partial charge >= 0.3 is 0 Å². The van der Waals surface area contributed by atoms with E-state index in [0.717, 1.165) is 17.8 Å². The highest BCUT2D eigenvalue weighted by molar-refractivity contribution is 5.16. The van der Waals surface area contributed by atoms with Crippen molar-refractivity contribution in [1.82, 2.24) is 15.5 Å². The van der Waals surface area contributed by atoms with Gasteiger partial charge < -0.3 is 0 Å². The number of H-pyrrole nitrogens is 1. The fourth-order valence-corrected chi connectivity index (χ4v) is 0.921. The Morgan fingerprint density at radius 1 is 1.69 bits per heavy atom. The fraction of sp³-hybridized carbons (Fsp3) is 0.500. The van der Waals surface area contributed by atoms with Crippen LogP contribution in [-0.4, -0.2) is 15.7 Å². The first-order valence-electron chi connectivity index (χ1n) is 4.27. The number of nitrogens with zero attached hydrogens (tertiary/aromatic N) is 1. The Labute approximate surface area is 78.9 Å². The maximum Gasteiger partial charge on any atom is 0.0743 e. The van der Waals surface area contributed by atoms with Crippen LogP contribution in [0.15, 0.2) is 6.20 Å². The number of hydrogen-bond acceptors (Lipinski definition) is 2. The average molecular weight is 177 g/mol. The molecule has 1 heterocycles. The van der Waals surface area contributed by atoms with E-state index in [1.807, 2.05) is 27.0 Å². The molecule has 0 spiro atoms. The Kier molecular flexibility index (Phi) is 2.74. The summed E-state index contributed by atoms with van der Waals surface area (Å²) in [5, 5.41) is 10.1. The number of aromatic amines is 1. The lowest BCUT2D eigenvalue weighted by Crippen LogP contribution is -2.36. The molecule has 1 aromatic rings. The summed E-state index contributed by atoms with van der Waals surface area (Å²) in [6.45, 7) is 6.69. The summed E-state index contributed by atoms with van der Waals surface area (Å²) in [4.78, 5) is 0. The number of rotatable bonds is 3. The Bertz CT molecular complexity index is 317. The number of hydrogen-bond donors (Lipinski definition) is 2. The molecule has 0 aliphatic rings. The normalized spacial score (nSPS) is 11.2. The van der Waals surface area contributed by atoms with Crippen molar-refractivity contribution in [1.29, 1.82) is 0 Å². The number of terminal acetylenes is 1. The van der Waals surface area contributed by atoms with E-state index in [1.165, 1.54) is 0 Å². The van der Waals surface area contributed by atoms with Gasteiger partial charge in [0.1, 0.15) is 0 Å². The highest BCUT2D eigenvalue weighted by Gasteiger charge is 2.12. The first kappa shape index (κ1) is 9.82. The van der Waals surface area contributed by atoms with Crippen molar-refractivity contribution >= 4 is 0 Å². The second-order valence-corrected chi connectivity index (χ2v) is 3.64. The van der Waals surface area contributed by atoms with Gasteiger partial charge in [-0.05, 0) is 20.8 Å². The molecule has 13 heavy (non-hydrogen) atoms. The maximum absolute atomic E-state index is 5.35. The molecule has 0 aliphatic heterocycles. The highest BCUT2D eigenvalue weighted by Crippen LogP contribution is 2.05. The van der Waals surface area contributed by atoms with Crippen molar-refractivity contribution < 1.29 is 0 Å². The van der Waals surface area contributed by atoms with Gasteiger partial charge in [-0.15, -0.1) is 6.42 Å². The summed E-state index contributed by atoms with van der Waals surface area (Å²) in [5.74, 6) is 2.68. The molecule has 0 aliphatic carbocycles. The standard InChI is InChI=1S/C10H15N3/c1-5-10(3,4)11-6-9-7-12-13-8(9)2/h1,7,11H,6H2,2-4H3,(H,12,13). The summed E-state index contributed by atoms with van der Waals surface area (Å²) in [5.41, 5.74) is 1.98. The minimum absolute atomic E-state index is 0.260. The molecule has 3 heteroatoms. The van der Waals surface area contributed by atoms with Gasteiger partial charge in [0, 0.05) is 17.8 Å². The number of nitrogens with one attached hydrogen (secondary N) is 2.